The molecule has 0 aromatic heterocycles. The highest BCUT2D eigenvalue weighted by Gasteiger charge is 2.20. The zero-order valence-corrected chi connectivity index (χ0v) is 13.6. The summed E-state index contributed by atoms with van der Waals surface area (Å²) in [5.74, 6) is 0.853. The van der Waals surface area contributed by atoms with Crippen LogP contribution in [0.4, 0.5) is 0 Å². The minimum absolute atomic E-state index is 0.367. The van der Waals surface area contributed by atoms with Crippen LogP contribution in [-0.2, 0) is 16.4 Å². The molecule has 0 atom stereocenters. The van der Waals surface area contributed by atoms with Crippen LogP contribution in [0, 0.1) is 5.92 Å². The maximum absolute atomic E-state index is 12.1. The topological polar surface area (TPSA) is 58.2 Å². The van der Waals surface area contributed by atoms with Crippen molar-refractivity contribution in [1.82, 2.24) is 10.0 Å². The van der Waals surface area contributed by atoms with Crippen molar-refractivity contribution in [3.8, 4) is 0 Å². The molecule has 1 aromatic carbocycles. The molecule has 4 nitrogen and oxygen atoms in total. The number of nitrogens with one attached hydrogen (secondary N) is 2. The Morgan fingerprint density at radius 1 is 1.10 bits per heavy atom. The van der Waals surface area contributed by atoms with E-state index in [1.165, 1.54) is 18.4 Å². The van der Waals surface area contributed by atoms with E-state index in [1.807, 2.05) is 19.2 Å². The molecule has 2 N–H and O–H groups in total. The van der Waals surface area contributed by atoms with Crippen molar-refractivity contribution in [2.45, 2.75) is 43.4 Å². The summed E-state index contributed by atoms with van der Waals surface area (Å²) in [4.78, 5) is 0.367. The van der Waals surface area contributed by atoms with Gasteiger partial charge in [-0.2, -0.15) is 0 Å². The van der Waals surface area contributed by atoms with Gasteiger partial charge >= 0.3 is 0 Å². The highest BCUT2D eigenvalue weighted by molar-refractivity contribution is 7.89. The van der Waals surface area contributed by atoms with Gasteiger partial charge in [0.25, 0.3) is 0 Å². The summed E-state index contributed by atoms with van der Waals surface area (Å²) in [6.07, 6.45) is 6.75. The Morgan fingerprint density at radius 2 is 1.81 bits per heavy atom. The molecule has 0 aliphatic heterocycles. The lowest BCUT2D eigenvalue weighted by Gasteiger charge is -2.08. The van der Waals surface area contributed by atoms with Crippen molar-refractivity contribution in [3.63, 3.8) is 0 Å². The predicted octanol–water partition coefficient (Wildman–Crippen LogP) is 2.31. The van der Waals surface area contributed by atoms with E-state index < -0.39 is 10.0 Å². The number of hydrogen-bond acceptors (Lipinski definition) is 3. The predicted molar refractivity (Wildman–Crippen MR) is 85.8 cm³/mol. The third-order valence-corrected chi connectivity index (χ3v) is 5.38. The Morgan fingerprint density at radius 3 is 2.43 bits per heavy atom. The lowest BCUT2D eigenvalue weighted by molar-refractivity contribution is 0.572. The van der Waals surface area contributed by atoms with E-state index in [0.717, 1.165) is 38.1 Å². The Balaban J connectivity index is 1.80. The van der Waals surface area contributed by atoms with Crippen molar-refractivity contribution >= 4 is 10.0 Å². The standard InChI is InChI=1S/C16H26N2O2S/c1-17-12-2-4-15-8-10-16(11-9-15)21(19,20)18-13-3-5-14-6-7-14/h8-11,14,17-18H,2-7,12-13H2,1H3. The van der Waals surface area contributed by atoms with Gasteiger partial charge in [0.05, 0.1) is 4.90 Å². The van der Waals surface area contributed by atoms with E-state index >= 15 is 0 Å². The van der Waals surface area contributed by atoms with Crippen LogP contribution in [0.15, 0.2) is 29.2 Å². The van der Waals surface area contributed by atoms with Crippen LogP contribution in [0.3, 0.4) is 0 Å². The van der Waals surface area contributed by atoms with E-state index in [9.17, 15) is 8.42 Å². The van der Waals surface area contributed by atoms with Gasteiger partial charge in [0, 0.05) is 6.54 Å². The molecule has 0 heterocycles. The molecule has 0 radical (unpaired) electrons. The monoisotopic (exact) mass is 310 g/mol. The number of rotatable bonds is 10. The summed E-state index contributed by atoms with van der Waals surface area (Å²) in [6, 6.07) is 7.23. The smallest absolute Gasteiger partial charge is 0.240 e. The van der Waals surface area contributed by atoms with E-state index in [-0.39, 0.29) is 0 Å². The van der Waals surface area contributed by atoms with Crippen LogP contribution >= 0.6 is 0 Å². The fourth-order valence-electron chi connectivity index (χ4n) is 2.39. The second-order valence-corrected chi connectivity index (χ2v) is 7.60. The minimum Gasteiger partial charge on any atom is -0.320 e. The first-order valence-corrected chi connectivity index (χ1v) is 9.33. The molecule has 0 amide bonds. The van der Waals surface area contributed by atoms with E-state index in [0.29, 0.717) is 11.4 Å². The number of aryl methyl sites for hydroxylation is 1. The molecule has 0 saturated heterocycles. The van der Waals surface area contributed by atoms with Gasteiger partial charge in [-0.15, -0.1) is 0 Å². The zero-order chi connectivity index (χ0) is 15.1. The first-order valence-electron chi connectivity index (χ1n) is 7.85. The molecule has 1 aliphatic rings. The summed E-state index contributed by atoms with van der Waals surface area (Å²) < 4.78 is 27.0. The van der Waals surface area contributed by atoms with Crippen molar-refractivity contribution in [3.05, 3.63) is 29.8 Å². The van der Waals surface area contributed by atoms with Gasteiger partial charge in [-0.25, -0.2) is 13.1 Å². The average molecular weight is 310 g/mol. The van der Waals surface area contributed by atoms with Crippen molar-refractivity contribution < 1.29 is 8.42 Å². The number of hydrogen-bond donors (Lipinski definition) is 2. The SMILES string of the molecule is CNCCCc1ccc(S(=O)(=O)NCCCC2CC2)cc1. The third kappa shape index (κ3) is 5.77. The van der Waals surface area contributed by atoms with Gasteiger partial charge in [-0.1, -0.05) is 25.0 Å². The molecule has 1 fully saturated rings. The van der Waals surface area contributed by atoms with Crippen LogP contribution in [-0.4, -0.2) is 28.6 Å². The fraction of sp³-hybridized carbons (Fsp3) is 0.625. The first-order chi connectivity index (χ1) is 10.1. The molecule has 0 bridgehead atoms. The van der Waals surface area contributed by atoms with Crippen LogP contribution in [0.5, 0.6) is 0 Å². The third-order valence-electron chi connectivity index (χ3n) is 3.90. The van der Waals surface area contributed by atoms with E-state index in [2.05, 4.69) is 10.0 Å². The molecule has 118 valence electrons. The quantitative estimate of drug-likeness (QED) is 0.652. The number of sulfonamides is 1. The van der Waals surface area contributed by atoms with Gasteiger partial charge in [0.1, 0.15) is 0 Å². The fourth-order valence-corrected chi connectivity index (χ4v) is 3.47. The Hall–Kier alpha value is -0.910. The van der Waals surface area contributed by atoms with Gasteiger partial charge in [0.2, 0.25) is 10.0 Å². The summed E-state index contributed by atoms with van der Waals surface area (Å²) in [5, 5.41) is 3.11. The zero-order valence-electron chi connectivity index (χ0n) is 12.8. The van der Waals surface area contributed by atoms with E-state index in [4.69, 9.17) is 0 Å². The highest BCUT2D eigenvalue weighted by Crippen LogP contribution is 2.33. The molecule has 0 spiro atoms. The molecular weight excluding hydrogens is 284 g/mol. The molecule has 1 saturated carbocycles. The summed E-state index contributed by atoms with van der Waals surface area (Å²) >= 11 is 0. The summed E-state index contributed by atoms with van der Waals surface area (Å²) in [6.45, 7) is 1.52. The van der Waals surface area contributed by atoms with Crippen LogP contribution < -0.4 is 10.0 Å². The molecule has 0 unspecified atom stereocenters. The molecule has 5 heteroatoms. The van der Waals surface area contributed by atoms with Crippen molar-refractivity contribution in [2.24, 2.45) is 5.92 Å². The van der Waals surface area contributed by atoms with Gasteiger partial charge < -0.3 is 5.32 Å². The van der Waals surface area contributed by atoms with Crippen LogP contribution in [0.2, 0.25) is 0 Å². The van der Waals surface area contributed by atoms with Gasteiger partial charge in [0.15, 0.2) is 0 Å². The average Bonchev–Trinajstić information content (AvgIpc) is 3.29. The Bertz CT molecular complexity index is 522. The van der Waals surface area contributed by atoms with Crippen molar-refractivity contribution in [1.29, 1.82) is 0 Å². The Kier molecular flexibility index (Phi) is 6.21. The molecule has 2 rings (SSSR count). The van der Waals surface area contributed by atoms with Crippen molar-refractivity contribution in [2.75, 3.05) is 20.1 Å². The van der Waals surface area contributed by atoms with Crippen LogP contribution in [0.1, 0.15) is 37.7 Å². The molecule has 1 aromatic rings. The lowest BCUT2D eigenvalue weighted by atomic mass is 10.1. The lowest BCUT2D eigenvalue weighted by Crippen LogP contribution is -2.24. The summed E-state index contributed by atoms with van der Waals surface area (Å²) in [5.41, 5.74) is 1.18. The maximum atomic E-state index is 12.1. The van der Waals surface area contributed by atoms with E-state index in [1.54, 1.807) is 12.1 Å². The second kappa shape index (κ2) is 7.92. The molecule has 1 aliphatic carbocycles. The normalized spacial score (nSPS) is 15.3. The second-order valence-electron chi connectivity index (χ2n) is 5.83. The van der Waals surface area contributed by atoms with Gasteiger partial charge in [-0.05, 0) is 62.9 Å². The summed E-state index contributed by atoms with van der Waals surface area (Å²) in [7, 11) is -1.41. The maximum Gasteiger partial charge on any atom is 0.240 e. The number of benzene rings is 1. The Labute approximate surface area is 128 Å². The molecule has 21 heavy (non-hydrogen) atoms. The minimum atomic E-state index is -3.34. The molecular formula is C16H26N2O2S. The first kappa shape index (κ1) is 16.5. The highest BCUT2D eigenvalue weighted by atomic mass is 32.2. The van der Waals surface area contributed by atoms with Crippen LogP contribution in [0.25, 0.3) is 0 Å². The largest absolute Gasteiger partial charge is 0.320 e. The van der Waals surface area contributed by atoms with Gasteiger partial charge in [-0.3, -0.25) is 0 Å².